The summed E-state index contributed by atoms with van der Waals surface area (Å²) in [4.78, 5) is 6.84. The van der Waals surface area contributed by atoms with Crippen LogP contribution >= 0.6 is 15.9 Å². The van der Waals surface area contributed by atoms with E-state index in [1.807, 2.05) is 24.4 Å². The molecule has 0 aliphatic carbocycles. The molecule has 1 fully saturated rings. The number of nitrogens with zero attached hydrogens (tertiary/aromatic N) is 4. The standard InChI is InChI=1S/C13H17BrN4O2S/c1-21(19,20)17-8-6-16(7-9-17)13-11(10-14)18-5-3-2-4-12(18)15-13/h2-5H,6-10H2,1H3. The van der Waals surface area contributed by atoms with Crippen LogP contribution in [0.5, 0.6) is 0 Å². The fourth-order valence-electron chi connectivity index (χ4n) is 2.64. The summed E-state index contributed by atoms with van der Waals surface area (Å²) in [6.07, 6.45) is 3.26. The largest absolute Gasteiger partial charge is 0.352 e. The van der Waals surface area contributed by atoms with Gasteiger partial charge in [-0.05, 0) is 12.1 Å². The minimum Gasteiger partial charge on any atom is -0.352 e. The van der Waals surface area contributed by atoms with E-state index < -0.39 is 10.0 Å². The van der Waals surface area contributed by atoms with Gasteiger partial charge in [0.05, 0.1) is 11.9 Å². The first-order valence-electron chi connectivity index (χ1n) is 6.72. The molecule has 21 heavy (non-hydrogen) atoms. The molecule has 3 rings (SSSR count). The minimum absolute atomic E-state index is 0.508. The van der Waals surface area contributed by atoms with Crippen molar-refractivity contribution >= 4 is 37.4 Å². The number of sulfonamides is 1. The molecule has 2 aromatic heterocycles. The number of hydrogen-bond acceptors (Lipinski definition) is 4. The van der Waals surface area contributed by atoms with Crippen molar-refractivity contribution in [3.8, 4) is 0 Å². The molecule has 0 amide bonds. The molecule has 1 aliphatic rings. The van der Waals surface area contributed by atoms with Gasteiger partial charge in [-0.2, -0.15) is 4.31 Å². The maximum Gasteiger partial charge on any atom is 0.211 e. The van der Waals surface area contributed by atoms with Crippen LogP contribution in [-0.2, 0) is 15.4 Å². The summed E-state index contributed by atoms with van der Waals surface area (Å²) >= 11 is 3.53. The number of pyridine rings is 1. The lowest BCUT2D eigenvalue weighted by atomic mass is 10.3. The van der Waals surface area contributed by atoms with Crippen molar-refractivity contribution in [1.82, 2.24) is 13.7 Å². The van der Waals surface area contributed by atoms with Gasteiger partial charge in [-0.3, -0.25) is 0 Å². The van der Waals surface area contributed by atoms with Gasteiger partial charge in [0.15, 0.2) is 5.82 Å². The number of aromatic nitrogens is 2. The second-order valence-electron chi connectivity index (χ2n) is 5.09. The zero-order chi connectivity index (χ0) is 15.0. The Labute approximate surface area is 132 Å². The van der Waals surface area contributed by atoms with Crippen molar-refractivity contribution < 1.29 is 8.42 Å². The van der Waals surface area contributed by atoms with Gasteiger partial charge in [0.2, 0.25) is 10.0 Å². The van der Waals surface area contributed by atoms with E-state index in [2.05, 4.69) is 30.2 Å². The van der Waals surface area contributed by atoms with Crippen LogP contribution in [0, 0.1) is 0 Å². The van der Waals surface area contributed by atoms with Gasteiger partial charge in [0.25, 0.3) is 0 Å². The zero-order valence-electron chi connectivity index (χ0n) is 11.7. The molecule has 0 N–H and O–H groups in total. The number of anilines is 1. The molecule has 0 bridgehead atoms. The van der Waals surface area contributed by atoms with Crippen LogP contribution in [0.15, 0.2) is 24.4 Å². The Kier molecular flexibility index (Phi) is 3.94. The van der Waals surface area contributed by atoms with Crippen molar-refractivity contribution in [1.29, 1.82) is 0 Å². The van der Waals surface area contributed by atoms with E-state index in [0.717, 1.165) is 17.2 Å². The van der Waals surface area contributed by atoms with E-state index in [1.54, 1.807) is 0 Å². The van der Waals surface area contributed by atoms with Crippen molar-refractivity contribution in [3.63, 3.8) is 0 Å². The Hall–Kier alpha value is -1.12. The van der Waals surface area contributed by atoms with Crippen molar-refractivity contribution in [2.45, 2.75) is 5.33 Å². The van der Waals surface area contributed by atoms with Gasteiger partial charge >= 0.3 is 0 Å². The van der Waals surface area contributed by atoms with Crippen LogP contribution in [0.25, 0.3) is 5.65 Å². The van der Waals surface area contributed by atoms with Crippen LogP contribution in [0.4, 0.5) is 5.82 Å². The summed E-state index contributed by atoms with van der Waals surface area (Å²) < 4.78 is 26.7. The summed E-state index contributed by atoms with van der Waals surface area (Å²) in [5, 5.41) is 0.708. The quantitative estimate of drug-likeness (QED) is 0.762. The highest BCUT2D eigenvalue weighted by atomic mass is 79.9. The molecule has 0 radical (unpaired) electrons. The third kappa shape index (κ3) is 2.79. The van der Waals surface area contributed by atoms with Gasteiger partial charge in [-0.1, -0.05) is 22.0 Å². The van der Waals surface area contributed by atoms with Crippen molar-refractivity contribution in [2.75, 3.05) is 37.3 Å². The summed E-state index contributed by atoms with van der Waals surface area (Å²) in [6.45, 7) is 2.34. The third-order valence-corrected chi connectivity index (χ3v) is 5.58. The highest BCUT2D eigenvalue weighted by Gasteiger charge is 2.26. The second-order valence-corrected chi connectivity index (χ2v) is 7.64. The fourth-order valence-corrected chi connectivity index (χ4v) is 3.99. The minimum atomic E-state index is -3.10. The lowest BCUT2D eigenvalue weighted by molar-refractivity contribution is 0.387. The number of hydrogen-bond donors (Lipinski definition) is 0. The van der Waals surface area contributed by atoms with E-state index in [-0.39, 0.29) is 0 Å². The molecule has 3 heterocycles. The molecule has 0 saturated carbocycles. The molecular weight excluding hydrogens is 356 g/mol. The van der Waals surface area contributed by atoms with Gasteiger partial charge in [0, 0.05) is 37.7 Å². The molecule has 114 valence electrons. The van der Waals surface area contributed by atoms with E-state index in [1.165, 1.54) is 10.6 Å². The Morgan fingerprint density at radius 3 is 2.57 bits per heavy atom. The number of rotatable bonds is 3. The summed E-state index contributed by atoms with van der Waals surface area (Å²) in [5.41, 5.74) is 2.01. The Bertz CT molecular complexity index is 751. The maximum atomic E-state index is 11.6. The number of alkyl halides is 1. The molecule has 0 spiro atoms. The monoisotopic (exact) mass is 372 g/mol. The smallest absolute Gasteiger partial charge is 0.211 e. The van der Waals surface area contributed by atoms with Crippen molar-refractivity contribution in [3.05, 3.63) is 30.1 Å². The van der Waals surface area contributed by atoms with Crippen LogP contribution in [0.1, 0.15) is 5.69 Å². The summed E-state index contributed by atoms with van der Waals surface area (Å²) in [6, 6.07) is 5.92. The van der Waals surface area contributed by atoms with Gasteiger partial charge in [-0.25, -0.2) is 13.4 Å². The van der Waals surface area contributed by atoms with E-state index in [9.17, 15) is 8.42 Å². The SMILES string of the molecule is CS(=O)(=O)N1CCN(c2nc3ccccn3c2CBr)CC1. The zero-order valence-corrected chi connectivity index (χ0v) is 14.1. The summed E-state index contributed by atoms with van der Waals surface area (Å²) in [5.74, 6) is 0.936. The Balaban J connectivity index is 1.89. The molecule has 1 saturated heterocycles. The topological polar surface area (TPSA) is 57.9 Å². The van der Waals surface area contributed by atoms with E-state index >= 15 is 0 Å². The maximum absolute atomic E-state index is 11.6. The molecule has 0 atom stereocenters. The Morgan fingerprint density at radius 2 is 1.95 bits per heavy atom. The number of halogens is 1. The van der Waals surface area contributed by atoms with Crippen LogP contribution in [0.3, 0.4) is 0 Å². The van der Waals surface area contributed by atoms with E-state index in [4.69, 9.17) is 0 Å². The molecule has 6 nitrogen and oxygen atoms in total. The first kappa shape index (κ1) is 14.8. The highest BCUT2D eigenvalue weighted by Crippen LogP contribution is 2.25. The first-order valence-corrected chi connectivity index (χ1v) is 9.69. The Morgan fingerprint density at radius 1 is 1.24 bits per heavy atom. The summed E-state index contributed by atoms with van der Waals surface area (Å²) in [7, 11) is -3.10. The highest BCUT2D eigenvalue weighted by molar-refractivity contribution is 9.08. The normalized spacial score (nSPS) is 17.5. The van der Waals surface area contributed by atoms with Gasteiger partial charge in [0.1, 0.15) is 5.65 Å². The molecular formula is C13H17BrN4O2S. The predicted octanol–water partition coefficient (Wildman–Crippen LogP) is 1.31. The van der Waals surface area contributed by atoms with E-state index in [0.29, 0.717) is 31.5 Å². The average Bonchev–Trinajstić information content (AvgIpc) is 2.85. The van der Waals surface area contributed by atoms with Gasteiger partial charge in [-0.15, -0.1) is 0 Å². The number of imidazole rings is 1. The third-order valence-electron chi connectivity index (χ3n) is 3.74. The van der Waals surface area contributed by atoms with Gasteiger partial charge < -0.3 is 9.30 Å². The first-order chi connectivity index (χ1) is 10.0. The molecule has 1 aliphatic heterocycles. The average molecular weight is 373 g/mol. The van der Waals surface area contributed by atoms with Crippen LogP contribution < -0.4 is 4.90 Å². The fraction of sp³-hybridized carbons (Fsp3) is 0.462. The number of fused-ring (bicyclic) bond motifs is 1. The molecule has 8 heteroatoms. The molecule has 2 aromatic rings. The lowest BCUT2D eigenvalue weighted by Gasteiger charge is -2.33. The second kappa shape index (κ2) is 5.58. The van der Waals surface area contributed by atoms with Crippen molar-refractivity contribution in [2.24, 2.45) is 0 Å². The molecule has 0 unspecified atom stereocenters. The molecule has 0 aromatic carbocycles. The number of piperazine rings is 1. The lowest BCUT2D eigenvalue weighted by Crippen LogP contribution is -2.48. The van der Waals surface area contributed by atoms with Crippen LogP contribution in [0.2, 0.25) is 0 Å². The van der Waals surface area contributed by atoms with Crippen LogP contribution in [-0.4, -0.2) is 54.5 Å². The predicted molar refractivity (Wildman–Crippen MR) is 86.5 cm³/mol.